The van der Waals surface area contributed by atoms with Crippen molar-refractivity contribution in [2.24, 2.45) is 5.10 Å². The van der Waals surface area contributed by atoms with E-state index in [0.717, 1.165) is 44.3 Å². The second kappa shape index (κ2) is 7.16. The number of benzene rings is 2. The van der Waals surface area contributed by atoms with Gasteiger partial charge in [-0.2, -0.15) is 0 Å². The minimum absolute atomic E-state index is 0.279. The molecule has 2 aromatic carbocycles. The maximum absolute atomic E-state index is 13.5. The number of carbonyl (C=O) groups is 1. The Morgan fingerprint density at radius 1 is 1.21 bits per heavy atom. The maximum atomic E-state index is 13.5. The second-order valence-corrected chi connectivity index (χ2v) is 8.07. The third kappa shape index (κ3) is 3.83. The first-order valence-electron chi connectivity index (χ1n) is 7.66. The molecule has 0 aromatic heterocycles. The molecule has 4 nitrogen and oxygen atoms in total. The van der Waals surface area contributed by atoms with Gasteiger partial charge in [0.25, 0.3) is 0 Å². The number of hydrogen-bond acceptors (Lipinski definition) is 2. The molecule has 0 radical (unpaired) electrons. The Kier molecular flexibility index (Phi) is 4.97. The fourth-order valence-corrected chi connectivity index (χ4v) is 4.62. The van der Waals surface area contributed by atoms with Gasteiger partial charge in [-0.1, -0.05) is 0 Å². The minimum atomic E-state index is -0.398. The van der Waals surface area contributed by atoms with Crippen LogP contribution in [-0.4, -0.2) is 26.7 Å². The zero-order valence-electron chi connectivity index (χ0n) is 13.5. The Balaban J connectivity index is 1.73. The van der Waals surface area contributed by atoms with Crippen molar-refractivity contribution in [2.45, 2.75) is 25.6 Å². The van der Waals surface area contributed by atoms with Crippen molar-refractivity contribution in [1.29, 1.82) is 0 Å². The molecular weight excluding hydrogens is 372 g/mol. The fraction of sp³-hybridized carbons (Fsp3) is 0.222. The van der Waals surface area contributed by atoms with E-state index in [1.165, 1.54) is 12.1 Å². The number of urea groups is 1. The van der Waals surface area contributed by atoms with Crippen LogP contribution in [0.1, 0.15) is 23.1 Å². The van der Waals surface area contributed by atoms with Crippen molar-refractivity contribution in [3.05, 3.63) is 58.9 Å². The van der Waals surface area contributed by atoms with E-state index in [0.29, 0.717) is 15.0 Å². The van der Waals surface area contributed by atoms with E-state index in [4.69, 9.17) is 0 Å². The quantitative estimate of drug-likeness (QED) is 0.601. The van der Waals surface area contributed by atoms with Gasteiger partial charge in [-0.15, -0.1) is 0 Å². The third-order valence-electron chi connectivity index (χ3n) is 3.78. The number of halogens is 1. The van der Waals surface area contributed by atoms with Gasteiger partial charge >= 0.3 is 146 Å². The molecule has 1 aliphatic heterocycles. The first kappa shape index (κ1) is 16.7. The summed E-state index contributed by atoms with van der Waals surface area (Å²) in [7, 11) is 0. The molecule has 0 fully saturated rings. The van der Waals surface area contributed by atoms with Gasteiger partial charge in [0, 0.05) is 0 Å². The number of fused-ring (bicyclic) bond motifs is 1. The molecule has 2 N–H and O–H groups in total. The van der Waals surface area contributed by atoms with Gasteiger partial charge < -0.3 is 0 Å². The molecule has 6 heteroatoms. The number of hydrogen-bond donors (Lipinski definition) is 2. The Labute approximate surface area is 146 Å². The molecule has 3 rings (SSSR count). The summed E-state index contributed by atoms with van der Waals surface area (Å²) >= 11 is 0.336. The Hall–Kier alpha value is -2.17. The van der Waals surface area contributed by atoms with Crippen molar-refractivity contribution in [3.63, 3.8) is 0 Å². The summed E-state index contributed by atoms with van der Waals surface area (Å²) in [5, 5.41) is 8.02. The molecular formula is C18H18FN3OSe. The summed E-state index contributed by atoms with van der Waals surface area (Å²) < 4.78 is 14.6. The zero-order chi connectivity index (χ0) is 17.1. The second-order valence-electron chi connectivity index (χ2n) is 5.68. The summed E-state index contributed by atoms with van der Waals surface area (Å²) in [5.74, 6) is -0.279. The number of nitrogens with one attached hydrogen (secondary N) is 2. The van der Waals surface area contributed by atoms with Gasteiger partial charge in [0.05, 0.1) is 0 Å². The number of hydrazone groups is 1. The van der Waals surface area contributed by atoms with Crippen LogP contribution in [0, 0.1) is 19.7 Å². The van der Waals surface area contributed by atoms with Gasteiger partial charge in [-0.3, -0.25) is 0 Å². The monoisotopic (exact) mass is 391 g/mol. The van der Waals surface area contributed by atoms with Crippen molar-refractivity contribution >= 4 is 36.8 Å². The molecule has 2 aromatic rings. The van der Waals surface area contributed by atoms with E-state index in [2.05, 4.69) is 15.8 Å². The number of aryl methyl sites for hydroxylation is 2. The average molecular weight is 390 g/mol. The van der Waals surface area contributed by atoms with Crippen LogP contribution in [0.5, 0.6) is 0 Å². The van der Waals surface area contributed by atoms with Gasteiger partial charge in [-0.05, 0) is 0 Å². The molecule has 0 saturated heterocycles. The predicted octanol–water partition coefficient (Wildman–Crippen LogP) is 3.12. The molecule has 2 amide bonds. The number of nitrogens with zero attached hydrogens (tertiary/aromatic N) is 1. The standard InChI is InChI=1S/C18H18FN3OSe/c1-11-3-4-12(2)16(9-11)20-18(23)22-21-15-7-8-24-17-6-5-13(19)10-14(15)17/h3-6,9-10H,7-8H2,1-2H3,(H2,20,22,23)/b21-15+. The number of rotatable bonds is 2. The average Bonchev–Trinajstić information content (AvgIpc) is 2.56. The van der Waals surface area contributed by atoms with Crippen LogP contribution in [0.25, 0.3) is 0 Å². The molecule has 0 aliphatic carbocycles. The molecule has 0 unspecified atom stereocenters. The first-order valence-corrected chi connectivity index (χ1v) is 9.73. The van der Waals surface area contributed by atoms with Crippen LogP contribution in [0.4, 0.5) is 14.9 Å². The number of carbonyl (C=O) groups excluding carboxylic acids is 1. The Morgan fingerprint density at radius 3 is 2.88 bits per heavy atom. The van der Waals surface area contributed by atoms with Crippen LogP contribution in [-0.2, 0) is 0 Å². The van der Waals surface area contributed by atoms with Crippen LogP contribution in [0.3, 0.4) is 0 Å². The molecule has 24 heavy (non-hydrogen) atoms. The molecule has 124 valence electrons. The van der Waals surface area contributed by atoms with Crippen LogP contribution in [0.2, 0.25) is 5.32 Å². The van der Waals surface area contributed by atoms with Gasteiger partial charge in [0.15, 0.2) is 0 Å². The Bertz CT molecular complexity index is 820. The van der Waals surface area contributed by atoms with E-state index >= 15 is 0 Å². The van der Waals surface area contributed by atoms with E-state index in [-0.39, 0.29) is 5.82 Å². The summed E-state index contributed by atoms with van der Waals surface area (Å²) in [6, 6.07) is 10.3. The normalized spacial score (nSPS) is 15.0. The van der Waals surface area contributed by atoms with Gasteiger partial charge in [0.2, 0.25) is 0 Å². The molecule has 1 aliphatic rings. The molecule has 0 bridgehead atoms. The van der Waals surface area contributed by atoms with E-state index < -0.39 is 6.03 Å². The fourth-order valence-electron chi connectivity index (χ4n) is 2.50. The predicted molar refractivity (Wildman–Crippen MR) is 95.8 cm³/mol. The SMILES string of the molecule is Cc1ccc(C)c(NC(=O)N/N=C2\CC[Se]c3ccc(F)cc32)c1. The summed E-state index contributed by atoms with van der Waals surface area (Å²) in [5.41, 5.74) is 6.88. The topological polar surface area (TPSA) is 53.5 Å². The van der Waals surface area contributed by atoms with Crippen LogP contribution in [0.15, 0.2) is 41.5 Å². The molecule has 0 atom stereocenters. The van der Waals surface area contributed by atoms with Crippen LogP contribution >= 0.6 is 0 Å². The number of amides is 2. The first-order chi connectivity index (χ1) is 11.5. The van der Waals surface area contributed by atoms with Crippen molar-refractivity contribution in [3.8, 4) is 0 Å². The van der Waals surface area contributed by atoms with Crippen molar-refractivity contribution < 1.29 is 9.18 Å². The van der Waals surface area contributed by atoms with E-state index in [1.54, 1.807) is 0 Å². The zero-order valence-corrected chi connectivity index (χ0v) is 15.2. The summed E-state index contributed by atoms with van der Waals surface area (Å²) in [6.45, 7) is 3.90. The van der Waals surface area contributed by atoms with Crippen LogP contribution < -0.4 is 15.2 Å². The Morgan fingerprint density at radius 2 is 2.04 bits per heavy atom. The summed E-state index contributed by atoms with van der Waals surface area (Å²) in [6.07, 6.45) is 0.750. The van der Waals surface area contributed by atoms with E-state index in [1.807, 2.05) is 38.1 Å². The summed E-state index contributed by atoms with van der Waals surface area (Å²) in [4.78, 5) is 12.1. The van der Waals surface area contributed by atoms with Gasteiger partial charge in [-0.25, -0.2) is 0 Å². The molecule has 0 saturated carbocycles. The third-order valence-corrected chi connectivity index (χ3v) is 6.04. The number of anilines is 1. The molecule has 1 heterocycles. The van der Waals surface area contributed by atoms with Crippen molar-refractivity contribution in [1.82, 2.24) is 5.43 Å². The van der Waals surface area contributed by atoms with Gasteiger partial charge in [0.1, 0.15) is 0 Å². The van der Waals surface area contributed by atoms with E-state index in [9.17, 15) is 9.18 Å². The molecule has 0 spiro atoms. The van der Waals surface area contributed by atoms with Crippen molar-refractivity contribution in [2.75, 3.05) is 5.32 Å².